The first-order valence-corrected chi connectivity index (χ1v) is 42.6. The second-order valence-electron chi connectivity index (χ2n) is 35.8. The Balaban J connectivity index is 0.000000225. The van der Waals surface area contributed by atoms with Crippen molar-refractivity contribution < 1.29 is 110 Å². The molecule has 26 nitrogen and oxygen atoms in total. The van der Waals surface area contributed by atoms with E-state index in [0.29, 0.717) is 51.6 Å². The second kappa shape index (κ2) is 35.9. The highest BCUT2D eigenvalue weighted by atomic mass is 32.2. The molecule has 5 aromatic rings. The molecular formula is C87H105F6N7O19S2. The lowest BCUT2D eigenvalue weighted by Crippen LogP contribution is -2.50. The predicted molar refractivity (Wildman–Crippen MR) is 438 cm³/mol. The van der Waals surface area contributed by atoms with Gasteiger partial charge in [0.2, 0.25) is 54.9 Å². The van der Waals surface area contributed by atoms with Crippen LogP contribution in [0.25, 0.3) is 22.3 Å². The highest BCUT2D eigenvalue weighted by molar-refractivity contribution is 7.91. The van der Waals surface area contributed by atoms with Gasteiger partial charge < -0.3 is 38.5 Å². The van der Waals surface area contributed by atoms with Crippen LogP contribution in [0.15, 0.2) is 159 Å². The number of rotatable bonds is 28. The maximum atomic E-state index is 14.5. The molecule has 0 radical (unpaired) electrons. The molecule has 4 saturated carbocycles. The van der Waals surface area contributed by atoms with Crippen LogP contribution in [0.4, 0.5) is 48.2 Å². The molecule has 4 amide bonds. The Bertz CT molecular complexity index is 4950. The summed E-state index contributed by atoms with van der Waals surface area (Å²) in [7, 11) is -7.72. The van der Waals surface area contributed by atoms with Gasteiger partial charge in [0.1, 0.15) is 23.4 Å². The van der Waals surface area contributed by atoms with E-state index >= 15 is 0 Å². The summed E-state index contributed by atoms with van der Waals surface area (Å²) >= 11 is 0. The molecule has 2 N–H and O–H groups in total. The zero-order valence-electron chi connectivity index (χ0n) is 69.9. The number of amides is 4. The number of alkyl halides is 6. The van der Waals surface area contributed by atoms with Crippen LogP contribution in [-0.4, -0.2) is 163 Å². The molecule has 6 aliphatic rings. The minimum absolute atomic E-state index is 0.0223. The topological polar surface area (TPSA) is 339 Å². The number of benzene rings is 5. The van der Waals surface area contributed by atoms with E-state index in [0.717, 1.165) is 66.1 Å². The fraction of sp³-hybridized carbons (Fsp3) is 0.506. The summed E-state index contributed by atoms with van der Waals surface area (Å²) in [5, 5.41) is 9.14. The summed E-state index contributed by atoms with van der Waals surface area (Å²) in [5.74, 6) is -8.00. The summed E-state index contributed by atoms with van der Waals surface area (Å²) in [6.07, 6.45) is -7.11. The molecule has 0 bridgehead atoms. The fourth-order valence-corrected chi connectivity index (χ4v) is 17.1. The fourth-order valence-electron chi connectivity index (χ4n) is 14.3. The second-order valence-corrected chi connectivity index (χ2v) is 39.7. The van der Waals surface area contributed by atoms with Gasteiger partial charge in [0, 0.05) is 49.4 Å². The van der Waals surface area contributed by atoms with E-state index in [9.17, 15) is 96.4 Å². The molecule has 2 aliphatic heterocycles. The third kappa shape index (κ3) is 23.4. The molecule has 4 aliphatic carbocycles. The largest absolute Gasteiger partial charge is 0.514 e. The Morgan fingerprint density at radius 3 is 1.15 bits per heavy atom. The molecule has 656 valence electrons. The van der Waals surface area contributed by atoms with E-state index < -0.39 is 164 Å². The molecule has 34 heteroatoms. The predicted octanol–water partition coefficient (Wildman–Crippen LogP) is 15.0. The smallest absolute Gasteiger partial charge is 0.460 e. The number of esters is 2. The molecule has 6 fully saturated rings. The van der Waals surface area contributed by atoms with Crippen LogP contribution in [0.3, 0.4) is 0 Å². The number of nitro groups is 1. The number of halogens is 6. The van der Waals surface area contributed by atoms with E-state index in [1.165, 1.54) is 15.9 Å². The lowest BCUT2D eigenvalue weighted by Gasteiger charge is -2.35. The molecular weight excluding hydrogens is 1630 g/mol. The molecule has 0 aromatic heterocycles. The average molecular weight is 1730 g/mol. The SMILES string of the molecule is C=C[C@@H]1C[C@]1(CC(=O)[C@@H]1CN(c2ccc(-c3ccccc3)cc2)CN1C(=O)[C@@H](CC(=O)OC(C)(C)C(F)(F)F)C(C)(C)C)C(=O)NS(=O)(=O)C1CC1.C=C[C@@H]1C[C@]1(CC(=O)[C@@H]1CN(c2ccc(-c3ccccc3)cc2)CN1C(=O)[C@@H](CC(=O)OC(C)(C)C)C(C)(C)C)C(=O)NS(=O)(=O)C1CC1.CC(C)(OC(=O)Oc1ccc([N+](=O)[O-])cc1)C(F)(F)F. The van der Waals surface area contributed by atoms with E-state index in [-0.39, 0.29) is 81.2 Å². The Hall–Kier alpha value is -10.5. The van der Waals surface area contributed by atoms with Crippen molar-refractivity contribution in [1.29, 1.82) is 0 Å². The van der Waals surface area contributed by atoms with Crippen molar-refractivity contribution in [2.75, 3.05) is 36.2 Å². The van der Waals surface area contributed by atoms with Gasteiger partial charge in [-0.2, -0.15) is 26.3 Å². The first-order chi connectivity index (χ1) is 56.0. The van der Waals surface area contributed by atoms with Gasteiger partial charge in [-0.25, -0.2) is 21.6 Å². The third-order valence-corrected chi connectivity index (χ3v) is 26.1. The Kier molecular flexibility index (Phi) is 28.0. The number of non-ortho nitro benzene ring substituents is 1. The van der Waals surface area contributed by atoms with Crippen LogP contribution in [0, 0.1) is 55.4 Å². The highest BCUT2D eigenvalue weighted by Crippen LogP contribution is 2.58. The number of carbonyl (C=O) groups excluding carboxylic acids is 9. The van der Waals surface area contributed by atoms with Gasteiger partial charge >= 0.3 is 30.4 Å². The van der Waals surface area contributed by atoms with Crippen LogP contribution in [-0.2, 0) is 72.6 Å². The first kappa shape index (κ1) is 94.3. The van der Waals surface area contributed by atoms with Crippen LogP contribution < -0.4 is 24.0 Å². The van der Waals surface area contributed by atoms with Gasteiger partial charge in [-0.15, -0.1) is 13.2 Å². The number of nitrogens with zero attached hydrogens (tertiary/aromatic N) is 5. The lowest BCUT2D eigenvalue weighted by atomic mass is 9.77. The number of hydrogen-bond acceptors (Lipinski definition) is 21. The number of sulfonamides is 2. The third-order valence-electron chi connectivity index (χ3n) is 22.5. The van der Waals surface area contributed by atoms with Gasteiger partial charge in [0.15, 0.2) is 11.6 Å². The van der Waals surface area contributed by atoms with Gasteiger partial charge in [0.25, 0.3) is 5.69 Å². The van der Waals surface area contributed by atoms with E-state index in [1.54, 1.807) is 47.6 Å². The minimum Gasteiger partial charge on any atom is -0.460 e. The monoisotopic (exact) mass is 1730 g/mol. The summed E-state index contributed by atoms with van der Waals surface area (Å²) in [5.41, 5.74) is -5.17. The zero-order valence-corrected chi connectivity index (χ0v) is 71.5. The van der Waals surface area contributed by atoms with E-state index in [4.69, 9.17) is 9.47 Å². The number of carbonyl (C=O) groups is 9. The number of anilines is 2. The van der Waals surface area contributed by atoms with Gasteiger partial charge in [0.05, 0.1) is 64.3 Å². The van der Waals surface area contributed by atoms with Crippen LogP contribution in [0.1, 0.15) is 154 Å². The quantitative estimate of drug-likeness (QED) is 0.00893. The summed E-state index contributed by atoms with van der Waals surface area (Å²) in [6, 6.07) is 37.2. The first-order valence-electron chi connectivity index (χ1n) is 39.5. The van der Waals surface area contributed by atoms with Crippen molar-refractivity contribution in [2.24, 2.45) is 45.3 Å². The summed E-state index contributed by atoms with van der Waals surface area (Å²) in [4.78, 5) is 138. The Morgan fingerprint density at radius 1 is 0.504 bits per heavy atom. The molecule has 121 heavy (non-hydrogen) atoms. The molecule has 0 spiro atoms. The van der Waals surface area contributed by atoms with Crippen LogP contribution >= 0.6 is 0 Å². The Morgan fingerprint density at radius 2 is 0.843 bits per heavy atom. The maximum Gasteiger partial charge on any atom is 0.514 e. The number of nitro benzene ring substituents is 1. The normalized spacial score (nSPS) is 21.1. The van der Waals surface area contributed by atoms with Crippen molar-refractivity contribution >= 4 is 90.4 Å². The van der Waals surface area contributed by atoms with E-state index in [1.807, 2.05) is 140 Å². The number of allylic oxidation sites excluding steroid dienone is 2. The number of ether oxygens (including phenoxy) is 4. The molecule has 5 aromatic carbocycles. The van der Waals surface area contributed by atoms with Gasteiger partial charge in [-0.3, -0.25) is 57.9 Å². The molecule has 8 atom stereocenters. The van der Waals surface area contributed by atoms with E-state index in [2.05, 4.69) is 32.1 Å². The van der Waals surface area contributed by atoms with Gasteiger partial charge in [-0.05, 0) is 168 Å². The Labute approximate surface area is 700 Å². The van der Waals surface area contributed by atoms with Gasteiger partial charge in [-0.1, -0.05) is 139 Å². The minimum atomic E-state index is -4.85. The standard InChI is InChI=1S/C38H46F3N3O7S.C38H49N3O7S.C11H10F3NO5/c1-7-26-20-37(26,34(48)42-52(49,50)28-17-18-28)21-31(45)30-22-43(27-15-13-25(14-16-27)24-11-9-8-10-12-24)23-44(30)33(47)29(35(2,3)4)19-32(46)51-36(5,6)38(39,40)41;1-8-27-21-38(27,35(45)39-49(46,47)29-18-19-29)22-32(42)31-23-40(28-16-14-26(15-17-28)25-12-10-9-11-13-25)24-41(31)34(44)30(36(2,3)4)20-33(43)48-37(5,6)7;1-10(2,11(12,13)14)20-9(16)19-8-5-3-7(4-6-8)15(17)18/h7-16,26,28-30H,1,17-23H2,2-6H3,(H,42,48);8-17,27,29-31H,1,18-24H2,2-7H3,(H,39,45);3-6H,1-2H3/t26-,29-,30+,37-;27-,30-,31+,38-;/m11./s1. The molecule has 0 unspecified atom stereocenters. The highest BCUT2D eigenvalue weighted by Gasteiger charge is 2.64. The van der Waals surface area contributed by atoms with Crippen LogP contribution in [0.2, 0.25) is 0 Å². The number of hydrogen-bond donors (Lipinski definition) is 2. The zero-order chi connectivity index (χ0) is 89.9. The number of Topliss-reactive ketones (excluding diaryl/α,β-unsaturated/α-hetero) is 2. The number of nitrogens with one attached hydrogen (secondary N) is 2. The number of ketones is 2. The maximum absolute atomic E-state index is 14.5. The molecule has 2 saturated heterocycles. The average Bonchev–Trinajstić information content (AvgIpc) is 1.57. The van der Waals surface area contributed by atoms with Crippen molar-refractivity contribution in [3.63, 3.8) is 0 Å². The lowest BCUT2D eigenvalue weighted by molar-refractivity contribution is -0.384. The van der Waals surface area contributed by atoms with Crippen molar-refractivity contribution in [1.82, 2.24) is 19.2 Å². The van der Waals surface area contributed by atoms with Crippen molar-refractivity contribution in [2.45, 2.75) is 206 Å². The van der Waals surface area contributed by atoms with Crippen molar-refractivity contribution in [3.8, 4) is 28.0 Å². The van der Waals surface area contributed by atoms with Crippen LogP contribution in [0.5, 0.6) is 5.75 Å². The summed E-state index contributed by atoms with van der Waals surface area (Å²) < 4.78 is 152. The molecule has 2 heterocycles. The summed E-state index contributed by atoms with van der Waals surface area (Å²) in [6.45, 7) is 26.5. The molecule has 11 rings (SSSR count). The van der Waals surface area contributed by atoms with Crippen molar-refractivity contribution in [3.05, 3.63) is 169 Å².